The molecule has 8 nitrogen and oxygen atoms in total. The van der Waals surface area contributed by atoms with Crippen molar-refractivity contribution in [3.05, 3.63) is 96.6 Å². The van der Waals surface area contributed by atoms with Gasteiger partial charge in [0.1, 0.15) is 22.6 Å². The molecular weight excluding hydrogens is 538 g/mol. The fourth-order valence-electron chi connectivity index (χ4n) is 4.32. The van der Waals surface area contributed by atoms with E-state index in [1.807, 2.05) is 73.7 Å². The Morgan fingerprint density at radius 3 is 2.24 bits per heavy atom. The molecule has 2 N–H and O–H groups in total. The zero-order valence-electron chi connectivity index (χ0n) is 22.8. The van der Waals surface area contributed by atoms with Gasteiger partial charge in [-0.15, -0.1) is 11.8 Å². The Bertz CT molecular complexity index is 1630. The van der Waals surface area contributed by atoms with Crippen LogP contribution >= 0.6 is 11.8 Å². The van der Waals surface area contributed by atoms with Gasteiger partial charge in [0.15, 0.2) is 5.58 Å². The number of methoxy groups -OCH3 is 2. The van der Waals surface area contributed by atoms with Crippen molar-refractivity contribution in [1.29, 1.82) is 0 Å². The van der Waals surface area contributed by atoms with Crippen LogP contribution in [0.4, 0.5) is 11.4 Å². The lowest BCUT2D eigenvalue weighted by atomic mass is 10.1. The van der Waals surface area contributed by atoms with Crippen LogP contribution in [0, 0.1) is 0 Å². The van der Waals surface area contributed by atoms with Gasteiger partial charge in [-0.1, -0.05) is 31.2 Å². The molecule has 0 bridgehead atoms. The highest BCUT2D eigenvalue weighted by Crippen LogP contribution is 2.32. The highest BCUT2D eigenvalue weighted by Gasteiger charge is 2.21. The lowest BCUT2D eigenvalue weighted by Crippen LogP contribution is -2.24. The van der Waals surface area contributed by atoms with Gasteiger partial charge < -0.3 is 24.5 Å². The van der Waals surface area contributed by atoms with Gasteiger partial charge in [-0.2, -0.15) is 0 Å². The number of carbonyl (C=O) groups excluding carboxylic acids is 2. The monoisotopic (exact) mass is 567 g/mol. The van der Waals surface area contributed by atoms with E-state index in [-0.39, 0.29) is 17.1 Å². The molecule has 41 heavy (non-hydrogen) atoms. The molecule has 5 rings (SSSR count). The van der Waals surface area contributed by atoms with E-state index >= 15 is 0 Å². The Labute approximate surface area is 242 Å². The van der Waals surface area contributed by atoms with Crippen LogP contribution in [0.5, 0.6) is 11.5 Å². The van der Waals surface area contributed by atoms with Crippen molar-refractivity contribution in [2.45, 2.75) is 23.5 Å². The summed E-state index contributed by atoms with van der Waals surface area (Å²) in [6.07, 6.45) is 0.618. The molecule has 4 aromatic carbocycles. The number of ether oxygens (including phenoxy) is 2. The number of fused-ring (bicyclic) bond motifs is 1. The number of benzene rings is 4. The molecule has 0 saturated heterocycles. The first-order valence-electron chi connectivity index (χ1n) is 13.0. The molecule has 1 heterocycles. The molecule has 0 fully saturated rings. The van der Waals surface area contributed by atoms with Crippen molar-refractivity contribution in [3.8, 4) is 23.0 Å². The normalized spacial score (nSPS) is 11.6. The van der Waals surface area contributed by atoms with Gasteiger partial charge in [-0.25, -0.2) is 4.98 Å². The number of anilines is 2. The number of rotatable bonds is 10. The number of hydrogen-bond donors (Lipinski definition) is 2. The standard InChI is InChI=1S/C32H29N3O5S/c1-4-28(30(36)33-21-17-15-20(16-18-21)32-35-24-11-5-6-12-25(24)40-32)41-23-10-7-9-22(19-23)34-31(37)29-26(38-2)13-8-14-27(29)39-3/h5-19,28H,4H2,1-3H3,(H,33,36)(H,34,37). The van der Waals surface area contributed by atoms with Crippen LogP contribution in [0.1, 0.15) is 23.7 Å². The van der Waals surface area contributed by atoms with Crippen molar-refractivity contribution in [2.75, 3.05) is 24.9 Å². The quantitative estimate of drug-likeness (QED) is 0.171. The number of aromatic nitrogens is 1. The van der Waals surface area contributed by atoms with E-state index in [2.05, 4.69) is 15.6 Å². The first-order valence-corrected chi connectivity index (χ1v) is 13.9. The van der Waals surface area contributed by atoms with Gasteiger partial charge >= 0.3 is 0 Å². The highest BCUT2D eigenvalue weighted by molar-refractivity contribution is 8.00. The molecule has 0 saturated carbocycles. The molecule has 9 heteroatoms. The summed E-state index contributed by atoms with van der Waals surface area (Å²) >= 11 is 1.43. The molecule has 1 atom stereocenters. The zero-order valence-corrected chi connectivity index (χ0v) is 23.7. The molecule has 0 spiro atoms. The predicted molar refractivity (Wildman–Crippen MR) is 162 cm³/mol. The van der Waals surface area contributed by atoms with E-state index in [1.165, 1.54) is 26.0 Å². The smallest absolute Gasteiger partial charge is 0.263 e. The maximum atomic E-state index is 13.1. The van der Waals surface area contributed by atoms with Crippen LogP contribution in [0.3, 0.4) is 0 Å². The Balaban J connectivity index is 1.24. The summed E-state index contributed by atoms with van der Waals surface area (Å²) in [5.41, 5.74) is 3.93. The molecule has 1 aromatic heterocycles. The minimum atomic E-state index is -0.354. The lowest BCUT2D eigenvalue weighted by molar-refractivity contribution is -0.115. The zero-order chi connectivity index (χ0) is 28.8. The Kier molecular flexibility index (Phi) is 8.55. The van der Waals surface area contributed by atoms with Crippen molar-refractivity contribution < 1.29 is 23.5 Å². The minimum Gasteiger partial charge on any atom is -0.496 e. The number of oxazole rings is 1. The fourth-order valence-corrected chi connectivity index (χ4v) is 5.33. The van der Waals surface area contributed by atoms with E-state index in [4.69, 9.17) is 13.9 Å². The number of thioether (sulfide) groups is 1. The van der Waals surface area contributed by atoms with Crippen LogP contribution in [0.15, 0.2) is 100 Å². The molecular formula is C32H29N3O5S. The topological polar surface area (TPSA) is 103 Å². The minimum absolute atomic E-state index is 0.111. The second-order valence-corrected chi connectivity index (χ2v) is 10.4. The van der Waals surface area contributed by atoms with E-state index in [1.54, 1.807) is 24.3 Å². The van der Waals surface area contributed by atoms with Gasteiger partial charge in [0.2, 0.25) is 11.8 Å². The number of hydrogen-bond acceptors (Lipinski definition) is 7. The maximum Gasteiger partial charge on any atom is 0.263 e. The Hall–Kier alpha value is -4.76. The third kappa shape index (κ3) is 6.36. The van der Waals surface area contributed by atoms with Crippen LogP contribution < -0.4 is 20.1 Å². The molecule has 0 aliphatic rings. The van der Waals surface area contributed by atoms with Crippen molar-refractivity contribution in [2.24, 2.45) is 0 Å². The third-order valence-corrected chi connectivity index (χ3v) is 7.74. The van der Waals surface area contributed by atoms with Crippen molar-refractivity contribution >= 4 is 46.1 Å². The van der Waals surface area contributed by atoms with Gasteiger partial charge in [-0.05, 0) is 73.2 Å². The summed E-state index contributed by atoms with van der Waals surface area (Å²) in [6.45, 7) is 1.97. The molecule has 208 valence electrons. The molecule has 5 aromatic rings. The fraction of sp³-hybridized carbons (Fsp3) is 0.156. The van der Waals surface area contributed by atoms with Gasteiger partial charge in [0.25, 0.3) is 5.91 Å². The van der Waals surface area contributed by atoms with Crippen LogP contribution in [-0.2, 0) is 4.79 Å². The molecule has 0 radical (unpaired) electrons. The summed E-state index contributed by atoms with van der Waals surface area (Å²) in [6, 6.07) is 27.6. The maximum absolute atomic E-state index is 13.1. The summed E-state index contributed by atoms with van der Waals surface area (Å²) in [5.74, 6) is 0.893. The Morgan fingerprint density at radius 2 is 1.56 bits per heavy atom. The second kappa shape index (κ2) is 12.6. The number of para-hydroxylation sites is 2. The van der Waals surface area contributed by atoms with Crippen molar-refractivity contribution in [1.82, 2.24) is 4.98 Å². The molecule has 0 aliphatic heterocycles. The summed E-state index contributed by atoms with van der Waals surface area (Å²) < 4.78 is 16.6. The summed E-state index contributed by atoms with van der Waals surface area (Å²) in [4.78, 5) is 31.6. The number of carbonyl (C=O) groups is 2. The largest absolute Gasteiger partial charge is 0.496 e. The van der Waals surface area contributed by atoms with E-state index in [9.17, 15) is 9.59 Å². The predicted octanol–water partition coefficient (Wildman–Crippen LogP) is 7.27. The molecule has 0 aliphatic carbocycles. The van der Waals surface area contributed by atoms with E-state index in [0.717, 1.165) is 21.6 Å². The number of amides is 2. The van der Waals surface area contributed by atoms with Gasteiger partial charge in [-0.3, -0.25) is 9.59 Å². The van der Waals surface area contributed by atoms with Crippen LogP contribution in [-0.4, -0.2) is 36.3 Å². The Morgan fingerprint density at radius 1 is 0.854 bits per heavy atom. The number of nitrogens with one attached hydrogen (secondary N) is 2. The van der Waals surface area contributed by atoms with Gasteiger partial charge in [0.05, 0.1) is 19.5 Å². The average Bonchev–Trinajstić information content (AvgIpc) is 3.44. The van der Waals surface area contributed by atoms with E-state index < -0.39 is 0 Å². The highest BCUT2D eigenvalue weighted by atomic mass is 32.2. The molecule has 2 amide bonds. The van der Waals surface area contributed by atoms with Crippen molar-refractivity contribution in [3.63, 3.8) is 0 Å². The van der Waals surface area contributed by atoms with Crippen LogP contribution in [0.25, 0.3) is 22.6 Å². The average molecular weight is 568 g/mol. The molecule has 1 unspecified atom stereocenters. The number of nitrogens with zero attached hydrogens (tertiary/aromatic N) is 1. The van der Waals surface area contributed by atoms with Crippen LogP contribution in [0.2, 0.25) is 0 Å². The third-order valence-electron chi connectivity index (χ3n) is 6.38. The first-order chi connectivity index (χ1) is 20.0. The first kappa shape index (κ1) is 27.8. The SMILES string of the molecule is CCC(Sc1cccc(NC(=O)c2c(OC)cccc2OC)c1)C(=O)Nc1ccc(-c2nc3ccccc3o2)cc1. The van der Waals surface area contributed by atoms with Gasteiger partial charge in [0, 0.05) is 21.8 Å². The summed E-state index contributed by atoms with van der Waals surface area (Å²) in [7, 11) is 3.01. The summed E-state index contributed by atoms with van der Waals surface area (Å²) in [5, 5.41) is 5.57. The van der Waals surface area contributed by atoms with E-state index in [0.29, 0.717) is 40.7 Å². The second-order valence-electron chi connectivity index (χ2n) is 9.09. The lowest BCUT2D eigenvalue weighted by Gasteiger charge is -2.16.